The number of rotatable bonds is 5. The number of aromatic hydroxyl groups is 1. The quantitative estimate of drug-likeness (QED) is 0.314. The largest absolute Gasteiger partial charge is 0.505 e. The average molecular weight is 501 g/mol. The van der Waals surface area contributed by atoms with Crippen molar-refractivity contribution in [1.82, 2.24) is 0 Å². The number of hydrazone groups is 2. The van der Waals surface area contributed by atoms with Crippen LogP contribution in [0.2, 0.25) is 0 Å². The third-order valence-electron chi connectivity index (χ3n) is 6.98. The van der Waals surface area contributed by atoms with Crippen molar-refractivity contribution in [1.29, 1.82) is 0 Å². The number of carboxylic acids is 1. The van der Waals surface area contributed by atoms with E-state index in [0.29, 0.717) is 11.4 Å². The Morgan fingerprint density at radius 1 is 1.08 bits per heavy atom. The highest BCUT2D eigenvalue weighted by atomic mass is 16.4. The van der Waals surface area contributed by atoms with Crippen LogP contribution in [-0.2, 0) is 15.6 Å². The van der Waals surface area contributed by atoms with E-state index >= 15 is 0 Å². The average Bonchev–Trinajstić information content (AvgIpc) is 3.47. The molecule has 0 saturated carbocycles. The predicted octanol–water partition coefficient (Wildman–Crippen LogP) is 5.50. The summed E-state index contributed by atoms with van der Waals surface area (Å²) in [4.78, 5) is 24.4. The molecule has 1 aromatic heterocycles. The number of fused-ring (bicyclic) bond motifs is 1. The molecule has 1 aliphatic heterocycles. The predicted molar refractivity (Wildman–Crippen MR) is 142 cm³/mol. The van der Waals surface area contributed by atoms with E-state index in [1.807, 2.05) is 12.1 Å². The van der Waals surface area contributed by atoms with Gasteiger partial charge in [-0.25, -0.2) is 4.79 Å². The maximum atomic E-state index is 13.3. The van der Waals surface area contributed by atoms with Crippen molar-refractivity contribution >= 4 is 34.7 Å². The first-order chi connectivity index (χ1) is 17.4. The molecule has 9 heteroatoms. The topological polar surface area (TPSA) is 128 Å². The zero-order valence-electron chi connectivity index (χ0n) is 21.3. The van der Waals surface area contributed by atoms with Crippen molar-refractivity contribution in [2.24, 2.45) is 10.2 Å². The van der Waals surface area contributed by atoms with Crippen molar-refractivity contribution in [3.63, 3.8) is 0 Å². The van der Waals surface area contributed by atoms with Gasteiger partial charge in [-0.2, -0.15) is 15.2 Å². The van der Waals surface area contributed by atoms with Crippen LogP contribution >= 0.6 is 0 Å². The molecule has 3 aromatic rings. The standard InChI is InChI=1S/C28H28N4O5/c1-15-23(30-29-20-8-6-7-17(24(20)33)21-11-12-22(37-21)26(35)36)25(34)32(31-15)16-9-10-18-19(13-16)28(4,5)14-27(18,2)3/h6-13,29,33H,14H2,1-5H3,(H,35,36)/b30-23-. The van der Waals surface area contributed by atoms with E-state index in [9.17, 15) is 14.7 Å². The van der Waals surface area contributed by atoms with Crippen LogP contribution in [0, 0.1) is 0 Å². The number of aromatic carboxylic acids is 1. The minimum atomic E-state index is -1.21. The molecular formula is C28H28N4O5. The van der Waals surface area contributed by atoms with Gasteiger partial charge in [0, 0.05) is 0 Å². The molecular weight excluding hydrogens is 472 g/mol. The van der Waals surface area contributed by atoms with Gasteiger partial charge in [0.05, 0.1) is 22.6 Å². The lowest BCUT2D eigenvalue weighted by Crippen LogP contribution is -2.28. The summed E-state index contributed by atoms with van der Waals surface area (Å²) in [6.07, 6.45) is 1.02. The third-order valence-corrected chi connectivity index (χ3v) is 6.98. The van der Waals surface area contributed by atoms with Gasteiger partial charge in [-0.05, 0) is 71.7 Å². The fourth-order valence-corrected chi connectivity index (χ4v) is 5.46. The zero-order chi connectivity index (χ0) is 26.7. The molecule has 0 bridgehead atoms. The number of benzene rings is 2. The summed E-state index contributed by atoms with van der Waals surface area (Å²) < 4.78 is 5.30. The van der Waals surface area contributed by atoms with E-state index in [1.54, 1.807) is 25.1 Å². The SMILES string of the molecule is CC1=NN(c2ccc3c(c2)C(C)(C)CC3(C)C)C(=O)/C1=N\Nc1cccc(-c2ccc(C(=O)O)o2)c1O. The molecule has 0 radical (unpaired) electrons. The smallest absolute Gasteiger partial charge is 0.371 e. The molecule has 5 rings (SSSR count). The Morgan fingerprint density at radius 2 is 1.81 bits per heavy atom. The van der Waals surface area contributed by atoms with Crippen molar-refractivity contribution in [3.05, 3.63) is 65.4 Å². The number of para-hydroxylation sites is 1. The maximum Gasteiger partial charge on any atom is 0.371 e. The number of amides is 1. The summed E-state index contributed by atoms with van der Waals surface area (Å²) in [5.41, 5.74) is 7.02. The molecule has 0 unspecified atom stereocenters. The molecule has 0 fully saturated rings. The first kappa shape index (κ1) is 24.3. The van der Waals surface area contributed by atoms with Crippen LogP contribution in [0.3, 0.4) is 0 Å². The number of phenolic OH excluding ortho intramolecular Hbond substituents is 1. The van der Waals surface area contributed by atoms with E-state index in [4.69, 9.17) is 9.52 Å². The number of hydrogen-bond acceptors (Lipinski definition) is 7. The fraction of sp³-hybridized carbons (Fsp3) is 0.286. The van der Waals surface area contributed by atoms with Crippen molar-refractivity contribution in [2.75, 3.05) is 10.4 Å². The second-order valence-corrected chi connectivity index (χ2v) is 10.7. The van der Waals surface area contributed by atoms with Gasteiger partial charge >= 0.3 is 11.9 Å². The number of nitrogens with one attached hydrogen (secondary N) is 1. The summed E-state index contributed by atoms with van der Waals surface area (Å²) >= 11 is 0. The highest BCUT2D eigenvalue weighted by molar-refractivity contribution is 6.71. The minimum absolute atomic E-state index is 0.0172. The van der Waals surface area contributed by atoms with Crippen LogP contribution in [0.5, 0.6) is 5.75 Å². The molecule has 2 heterocycles. The molecule has 9 nitrogen and oxygen atoms in total. The Bertz CT molecular complexity index is 1510. The molecule has 0 saturated heterocycles. The molecule has 2 aliphatic rings. The van der Waals surface area contributed by atoms with E-state index in [1.165, 1.54) is 28.3 Å². The fourth-order valence-electron chi connectivity index (χ4n) is 5.46. The molecule has 1 amide bonds. The van der Waals surface area contributed by atoms with Crippen LogP contribution in [0.1, 0.15) is 62.7 Å². The Labute approximate surface area is 214 Å². The number of carbonyl (C=O) groups excluding carboxylic acids is 1. The lowest BCUT2D eigenvalue weighted by atomic mass is 9.82. The van der Waals surface area contributed by atoms with E-state index in [2.05, 4.69) is 49.4 Å². The monoisotopic (exact) mass is 500 g/mol. The Kier molecular flexibility index (Phi) is 5.47. The number of furan rings is 1. The summed E-state index contributed by atoms with van der Waals surface area (Å²) in [6, 6.07) is 13.6. The summed E-state index contributed by atoms with van der Waals surface area (Å²) in [6.45, 7) is 10.6. The van der Waals surface area contributed by atoms with Gasteiger partial charge in [0.2, 0.25) is 5.76 Å². The maximum absolute atomic E-state index is 13.3. The summed E-state index contributed by atoms with van der Waals surface area (Å²) in [5, 5.41) is 29.9. The summed E-state index contributed by atoms with van der Waals surface area (Å²) in [5.74, 6) is -1.84. The normalized spacial score (nSPS) is 18.7. The van der Waals surface area contributed by atoms with Crippen molar-refractivity contribution in [2.45, 2.75) is 51.9 Å². The van der Waals surface area contributed by atoms with Gasteiger partial charge < -0.3 is 14.6 Å². The van der Waals surface area contributed by atoms with Crippen molar-refractivity contribution < 1.29 is 24.2 Å². The van der Waals surface area contributed by atoms with E-state index in [-0.39, 0.29) is 51.0 Å². The minimum Gasteiger partial charge on any atom is -0.505 e. The molecule has 0 spiro atoms. The molecule has 0 atom stereocenters. The molecule has 2 aromatic carbocycles. The highest BCUT2D eigenvalue weighted by Gasteiger charge is 2.42. The first-order valence-corrected chi connectivity index (χ1v) is 11.9. The lowest BCUT2D eigenvalue weighted by Gasteiger charge is -2.22. The number of carbonyl (C=O) groups is 2. The molecule has 3 N–H and O–H groups in total. The van der Waals surface area contributed by atoms with Gasteiger partial charge in [0.1, 0.15) is 5.76 Å². The van der Waals surface area contributed by atoms with E-state index in [0.717, 1.165) is 6.42 Å². The Hall–Kier alpha value is -4.40. The second kappa shape index (κ2) is 8.33. The summed E-state index contributed by atoms with van der Waals surface area (Å²) in [7, 11) is 0. The van der Waals surface area contributed by atoms with Crippen LogP contribution in [0.25, 0.3) is 11.3 Å². The van der Waals surface area contributed by atoms with Crippen LogP contribution in [0.4, 0.5) is 11.4 Å². The van der Waals surface area contributed by atoms with Crippen LogP contribution in [-0.4, -0.2) is 33.5 Å². The molecule has 37 heavy (non-hydrogen) atoms. The number of phenols is 1. The van der Waals surface area contributed by atoms with Gasteiger partial charge in [0.25, 0.3) is 0 Å². The van der Waals surface area contributed by atoms with Crippen LogP contribution < -0.4 is 10.4 Å². The molecule has 190 valence electrons. The van der Waals surface area contributed by atoms with Gasteiger partial charge in [-0.1, -0.05) is 39.8 Å². The van der Waals surface area contributed by atoms with Gasteiger partial charge in [0.15, 0.2) is 11.5 Å². The molecule has 1 aliphatic carbocycles. The Morgan fingerprint density at radius 3 is 2.51 bits per heavy atom. The first-order valence-electron chi connectivity index (χ1n) is 11.9. The van der Waals surface area contributed by atoms with Crippen LogP contribution in [0.15, 0.2) is 63.2 Å². The van der Waals surface area contributed by atoms with Gasteiger partial charge in [-0.3, -0.25) is 10.2 Å². The second-order valence-electron chi connectivity index (χ2n) is 10.7. The number of anilines is 2. The number of carboxylic acid groups (broad SMARTS) is 1. The highest BCUT2D eigenvalue weighted by Crippen LogP contribution is 2.50. The number of nitrogens with zero attached hydrogens (tertiary/aromatic N) is 3. The number of hydrogen-bond donors (Lipinski definition) is 3. The third kappa shape index (κ3) is 4.06. The lowest BCUT2D eigenvalue weighted by molar-refractivity contribution is -0.112. The van der Waals surface area contributed by atoms with Crippen molar-refractivity contribution in [3.8, 4) is 17.1 Å². The Balaban J connectivity index is 1.41. The van der Waals surface area contributed by atoms with E-state index < -0.39 is 5.97 Å². The zero-order valence-corrected chi connectivity index (χ0v) is 21.3. The van der Waals surface area contributed by atoms with Gasteiger partial charge in [-0.15, -0.1) is 0 Å².